The van der Waals surface area contributed by atoms with Crippen molar-refractivity contribution in [2.75, 3.05) is 56.1 Å². The van der Waals surface area contributed by atoms with Crippen LogP contribution in [0.4, 0.5) is 43.3 Å². The van der Waals surface area contributed by atoms with Gasteiger partial charge in [0.25, 0.3) is 0 Å². The Morgan fingerprint density at radius 3 is 1.80 bits per heavy atom. The van der Waals surface area contributed by atoms with E-state index >= 15 is 0 Å². The zero-order chi connectivity index (χ0) is 27.8. The highest BCUT2D eigenvalue weighted by molar-refractivity contribution is 7.18. The largest absolute Gasteiger partial charge is 0.431 e. The van der Waals surface area contributed by atoms with Crippen LogP contribution < -0.4 is 30.2 Å². The van der Waals surface area contributed by atoms with Crippen LogP contribution in [-0.4, -0.2) is 45.4 Å². The van der Waals surface area contributed by atoms with Crippen molar-refractivity contribution in [2.24, 2.45) is 34.6 Å². The van der Waals surface area contributed by atoms with Crippen molar-refractivity contribution in [2.45, 2.75) is 21.8 Å². The molecule has 0 radical (unpaired) electrons. The number of benzene rings is 2. The molecule has 0 unspecified atom stereocenters. The van der Waals surface area contributed by atoms with Crippen LogP contribution in [0.2, 0.25) is 0 Å². The second-order valence-corrected chi connectivity index (χ2v) is 10.5. The van der Waals surface area contributed by atoms with Gasteiger partial charge in [-0.15, -0.1) is 9.36 Å². The third kappa shape index (κ3) is 9.31. The van der Waals surface area contributed by atoms with Crippen molar-refractivity contribution in [1.82, 2.24) is 10.2 Å². The average Bonchev–Trinajstić information content (AvgIpc) is 3.41. The lowest BCUT2D eigenvalue weighted by Gasteiger charge is -2.14. The Labute approximate surface area is 245 Å². The number of anilines is 4. The normalized spacial score (nSPS) is 10.5. The molecule has 3 N–H and O–H groups in total. The first kappa shape index (κ1) is 34.0. The number of aryl methyl sites for hydroxylation is 3. The maximum Gasteiger partial charge on any atom is 0.431 e. The van der Waals surface area contributed by atoms with Gasteiger partial charge in [0.15, 0.2) is 0 Å². The summed E-state index contributed by atoms with van der Waals surface area (Å²) in [5.41, 5.74) is 10.7. The van der Waals surface area contributed by atoms with Gasteiger partial charge in [-0.3, -0.25) is 0 Å². The van der Waals surface area contributed by atoms with E-state index in [4.69, 9.17) is 5.73 Å². The number of nitrogen functional groups attached to an aromatic ring is 1. The number of hydrogen-bond donors (Lipinski definition) is 2. The minimum Gasteiger partial charge on any atom is -0.378 e. The van der Waals surface area contributed by atoms with Crippen LogP contribution >= 0.6 is 22.7 Å². The Bertz CT molecular complexity index is 1410. The molecule has 0 aliphatic heterocycles. The van der Waals surface area contributed by atoms with E-state index in [2.05, 4.69) is 53.9 Å². The van der Waals surface area contributed by atoms with Gasteiger partial charge in [-0.2, -0.15) is 0 Å². The molecular weight excluding hydrogens is 545 g/mol. The van der Waals surface area contributed by atoms with Crippen molar-refractivity contribution < 1.29 is 9.36 Å². The van der Waals surface area contributed by atoms with Crippen molar-refractivity contribution in [3.05, 3.63) is 48.0 Å². The Kier molecular flexibility index (Phi) is 13.2. The summed E-state index contributed by atoms with van der Waals surface area (Å²) in [4.78, 5) is 4.11. The highest BCUT2D eigenvalue weighted by Crippen LogP contribution is 2.27. The Hall–Kier alpha value is -4.04. The zero-order valence-electron chi connectivity index (χ0n) is 22.9. The monoisotopic (exact) mass is 586 g/mol. The molecular formula is C26H42N12S2+2. The molecule has 4 rings (SSSR count). The lowest BCUT2D eigenvalue weighted by Crippen LogP contribution is -2.29. The Balaban J connectivity index is 0.000000383. The minimum atomic E-state index is 0. The van der Waals surface area contributed by atoms with Gasteiger partial charge in [0.1, 0.15) is 25.5 Å². The Morgan fingerprint density at radius 2 is 1.32 bits per heavy atom. The molecule has 0 spiro atoms. The summed E-state index contributed by atoms with van der Waals surface area (Å²) < 4.78 is 3.32. The maximum atomic E-state index is 5.58. The summed E-state index contributed by atoms with van der Waals surface area (Å²) in [6, 6.07) is 13.9. The van der Waals surface area contributed by atoms with E-state index in [1.807, 2.05) is 83.6 Å². The van der Waals surface area contributed by atoms with Crippen LogP contribution in [0.5, 0.6) is 0 Å². The molecule has 0 amide bonds. The number of rotatable bonds is 7. The fourth-order valence-electron chi connectivity index (χ4n) is 3.22. The standard InChI is InChI=1S/C13H19N6S.C11H15N6S.2CH4/c1-9-8-10(6-7-11(9)18(3)4)15-16-13-19(5)17-12(14-2)20-13;1-16(2)9-6-4-8(5-7-9)13-14-11-17(3)15-10(12)18-11;;/h6-8H,1-5H3,(H,14,17);4-7H,1-3H3,(H2,12,15);2*1H4/q2*+1;;. The lowest BCUT2D eigenvalue weighted by molar-refractivity contribution is -0.712. The lowest BCUT2D eigenvalue weighted by atomic mass is 10.1. The average molecular weight is 587 g/mol. The molecule has 0 atom stereocenters. The summed E-state index contributed by atoms with van der Waals surface area (Å²) >= 11 is 2.77. The van der Waals surface area contributed by atoms with Gasteiger partial charge in [-0.1, -0.05) is 25.1 Å². The number of hydrogen-bond acceptors (Lipinski definition) is 12. The van der Waals surface area contributed by atoms with Crippen LogP contribution in [-0.2, 0) is 14.1 Å². The van der Waals surface area contributed by atoms with Crippen LogP contribution in [0.15, 0.2) is 62.9 Å². The zero-order valence-corrected chi connectivity index (χ0v) is 24.5. The molecule has 40 heavy (non-hydrogen) atoms. The van der Waals surface area contributed by atoms with Gasteiger partial charge < -0.3 is 20.9 Å². The van der Waals surface area contributed by atoms with Gasteiger partial charge in [-0.05, 0) is 87.9 Å². The molecule has 2 heterocycles. The maximum absolute atomic E-state index is 5.58. The molecule has 0 aliphatic carbocycles. The van der Waals surface area contributed by atoms with Crippen LogP contribution in [0.3, 0.4) is 0 Å². The van der Waals surface area contributed by atoms with Crippen molar-refractivity contribution in [3.8, 4) is 0 Å². The van der Waals surface area contributed by atoms with E-state index in [0.717, 1.165) is 27.3 Å². The second kappa shape index (κ2) is 15.5. The molecule has 12 nitrogen and oxygen atoms in total. The molecule has 216 valence electrons. The number of nitrogens with two attached hydrogens (primary N) is 1. The third-order valence-corrected chi connectivity index (χ3v) is 7.00. The second-order valence-electron chi connectivity index (χ2n) is 8.59. The van der Waals surface area contributed by atoms with Gasteiger partial charge in [0.2, 0.25) is 10.3 Å². The third-order valence-electron chi connectivity index (χ3n) is 5.17. The molecule has 0 saturated heterocycles. The van der Waals surface area contributed by atoms with Gasteiger partial charge in [0, 0.05) is 46.6 Å². The number of azo groups is 2. The molecule has 2 aromatic heterocycles. The molecule has 2 aromatic carbocycles. The van der Waals surface area contributed by atoms with Gasteiger partial charge in [-0.25, -0.2) is 0 Å². The van der Waals surface area contributed by atoms with E-state index in [1.54, 1.807) is 16.4 Å². The van der Waals surface area contributed by atoms with E-state index in [1.165, 1.54) is 33.9 Å². The molecule has 0 fully saturated rings. The van der Waals surface area contributed by atoms with Crippen molar-refractivity contribution in [3.63, 3.8) is 0 Å². The van der Waals surface area contributed by atoms with Crippen LogP contribution in [0, 0.1) is 6.92 Å². The van der Waals surface area contributed by atoms with Crippen molar-refractivity contribution in [1.29, 1.82) is 0 Å². The number of nitrogens with one attached hydrogen (secondary N) is 1. The van der Waals surface area contributed by atoms with Gasteiger partial charge in [0.05, 0.1) is 10.2 Å². The fourth-order valence-corrected chi connectivity index (χ4v) is 4.51. The molecule has 0 bridgehead atoms. The summed E-state index contributed by atoms with van der Waals surface area (Å²) in [5.74, 6) is 0. The predicted octanol–water partition coefficient (Wildman–Crippen LogP) is 6.10. The predicted molar refractivity (Wildman–Crippen MR) is 169 cm³/mol. The first-order valence-electron chi connectivity index (χ1n) is 11.6. The number of aromatic nitrogens is 4. The summed E-state index contributed by atoms with van der Waals surface area (Å²) in [6.45, 7) is 2.07. The first-order chi connectivity index (χ1) is 18.1. The smallest absolute Gasteiger partial charge is 0.378 e. The summed E-state index contributed by atoms with van der Waals surface area (Å²) in [7, 11) is 13.5. The van der Waals surface area contributed by atoms with E-state index in [-0.39, 0.29) is 14.9 Å². The summed E-state index contributed by atoms with van der Waals surface area (Å²) in [5, 5.41) is 30.8. The highest BCUT2D eigenvalue weighted by Gasteiger charge is 2.15. The first-order valence-corrected chi connectivity index (χ1v) is 13.3. The number of nitrogens with zero attached hydrogens (tertiary/aromatic N) is 10. The van der Waals surface area contributed by atoms with E-state index < -0.39 is 0 Å². The SMILES string of the molecule is C.C.CN(C)c1ccc(N=Nc2sc(N)n[n+]2C)cc1.CNc1n[n+](C)c(N=Nc2ccc(N(C)C)c(C)c2)s1. The quantitative estimate of drug-likeness (QED) is 0.199. The van der Waals surface area contributed by atoms with Crippen molar-refractivity contribution >= 4 is 65.9 Å². The molecule has 0 aliphatic rings. The molecule has 0 saturated carbocycles. The highest BCUT2D eigenvalue weighted by atomic mass is 32.1. The fraction of sp³-hybridized carbons (Fsp3) is 0.385. The summed E-state index contributed by atoms with van der Waals surface area (Å²) in [6.07, 6.45) is 0. The van der Waals surface area contributed by atoms with Crippen LogP contribution in [0.1, 0.15) is 20.4 Å². The minimum absolute atomic E-state index is 0. The van der Waals surface area contributed by atoms with Gasteiger partial charge >= 0.3 is 10.3 Å². The topological polar surface area (TPSA) is 128 Å². The van der Waals surface area contributed by atoms with E-state index in [9.17, 15) is 0 Å². The molecule has 4 aromatic rings. The van der Waals surface area contributed by atoms with E-state index in [0.29, 0.717) is 10.3 Å². The van der Waals surface area contributed by atoms with Crippen LogP contribution in [0.25, 0.3) is 0 Å². The Morgan fingerprint density at radius 1 is 0.775 bits per heavy atom. The molecule has 14 heteroatoms.